The number of rotatable bonds is 4. The van der Waals surface area contributed by atoms with E-state index in [4.69, 9.17) is 9.88 Å². The highest BCUT2D eigenvalue weighted by atomic mass is 79.9. The maximum Gasteiger partial charge on any atom is 0.338 e. The molecular weight excluding hydrogens is 424 g/mol. The molecule has 0 saturated carbocycles. The molecule has 136 valence electrons. The Kier molecular flexibility index (Phi) is 5.12. The molecule has 0 bridgehead atoms. The minimum atomic E-state index is -3.79. The summed E-state index contributed by atoms with van der Waals surface area (Å²) in [6.45, 7) is -0.0106. The van der Waals surface area contributed by atoms with Crippen molar-refractivity contribution in [1.82, 2.24) is 0 Å². The van der Waals surface area contributed by atoms with Crippen LogP contribution in [0.1, 0.15) is 15.9 Å². The molecule has 26 heavy (non-hydrogen) atoms. The van der Waals surface area contributed by atoms with Crippen molar-refractivity contribution in [2.45, 2.75) is 11.3 Å². The molecule has 1 amide bonds. The predicted octanol–water partition coefficient (Wildman–Crippen LogP) is 1.84. The van der Waals surface area contributed by atoms with Crippen LogP contribution in [0.2, 0.25) is 0 Å². The molecule has 0 aromatic heterocycles. The van der Waals surface area contributed by atoms with Crippen molar-refractivity contribution < 1.29 is 22.7 Å². The molecule has 0 unspecified atom stereocenters. The first-order valence-electron chi connectivity index (χ1n) is 7.64. The lowest BCUT2D eigenvalue weighted by Crippen LogP contribution is -2.33. The Bertz CT molecular complexity index is 973. The number of hydrogen-bond acceptors (Lipinski definition) is 5. The summed E-state index contributed by atoms with van der Waals surface area (Å²) in [5, 5.41) is 5.12. The first-order chi connectivity index (χ1) is 12.3. The second-order valence-electron chi connectivity index (χ2n) is 5.71. The lowest BCUT2D eigenvalue weighted by molar-refractivity contribution is -0.121. The number of carbonyl (C=O) groups is 2. The van der Waals surface area contributed by atoms with Gasteiger partial charge >= 0.3 is 5.97 Å². The molecule has 0 saturated heterocycles. The van der Waals surface area contributed by atoms with Crippen molar-refractivity contribution in [3.63, 3.8) is 0 Å². The van der Waals surface area contributed by atoms with Crippen molar-refractivity contribution in [2.24, 2.45) is 5.14 Å². The van der Waals surface area contributed by atoms with E-state index in [0.717, 1.165) is 4.47 Å². The molecule has 9 heteroatoms. The van der Waals surface area contributed by atoms with E-state index >= 15 is 0 Å². The maximum atomic E-state index is 12.4. The Balaban J connectivity index is 1.67. The second kappa shape index (κ2) is 7.18. The van der Waals surface area contributed by atoms with E-state index in [-0.39, 0.29) is 10.8 Å². The van der Waals surface area contributed by atoms with Gasteiger partial charge in [0, 0.05) is 16.7 Å². The van der Waals surface area contributed by atoms with Crippen molar-refractivity contribution in [2.75, 3.05) is 18.1 Å². The van der Waals surface area contributed by atoms with Crippen LogP contribution in [0.5, 0.6) is 0 Å². The molecule has 0 aliphatic carbocycles. The first kappa shape index (κ1) is 18.6. The number of nitrogens with two attached hydrogens (primary N) is 1. The second-order valence-corrected chi connectivity index (χ2v) is 8.19. The maximum absolute atomic E-state index is 12.4. The standard InChI is InChI=1S/C17H15BrN2O5S/c18-13-3-1-11(2-4-13)17(22)25-10-16(21)20-8-7-12-9-14(26(19,23)24)5-6-15(12)20/h1-6,9H,7-8,10H2,(H2,19,23,24). The fourth-order valence-corrected chi connectivity index (χ4v) is 3.52. The molecule has 7 nitrogen and oxygen atoms in total. The summed E-state index contributed by atoms with van der Waals surface area (Å²) < 4.78 is 28.7. The van der Waals surface area contributed by atoms with Gasteiger partial charge < -0.3 is 9.64 Å². The molecule has 0 atom stereocenters. The molecule has 2 aromatic carbocycles. The van der Waals surface area contributed by atoms with Crippen LogP contribution in [0.15, 0.2) is 51.8 Å². The smallest absolute Gasteiger partial charge is 0.338 e. The monoisotopic (exact) mass is 438 g/mol. The quantitative estimate of drug-likeness (QED) is 0.732. The minimum absolute atomic E-state index is 0.00668. The Morgan fingerprint density at radius 3 is 2.50 bits per heavy atom. The van der Waals surface area contributed by atoms with Crippen molar-refractivity contribution in [1.29, 1.82) is 0 Å². The molecule has 2 aromatic rings. The number of esters is 1. The number of primary sulfonamides is 1. The fraction of sp³-hybridized carbons (Fsp3) is 0.176. The number of fused-ring (bicyclic) bond motifs is 1. The molecule has 0 spiro atoms. The first-order valence-corrected chi connectivity index (χ1v) is 9.98. The average Bonchev–Trinajstić information content (AvgIpc) is 3.02. The lowest BCUT2D eigenvalue weighted by Gasteiger charge is -2.17. The molecule has 1 heterocycles. The van der Waals surface area contributed by atoms with Crippen molar-refractivity contribution in [3.05, 3.63) is 58.1 Å². The van der Waals surface area contributed by atoms with Crippen LogP contribution in [0.25, 0.3) is 0 Å². The number of benzene rings is 2. The highest BCUT2D eigenvalue weighted by Crippen LogP contribution is 2.30. The number of sulfonamides is 1. The van der Waals surface area contributed by atoms with E-state index in [1.807, 2.05) is 0 Å². The summed E-state index contributed by atoms with van der Waals surface area (Å²) in [6, 6.07) is 11.0. The van der Waals surface area contributed by atoms with Crippen LogP contribution in [-0.2, 0) is 26.0 Å². The van der Waals surface area contributed by atoms with Gasteiger partial charge in [-0.3, -0.25) is 4.79 Å². The average molecular weight is 439 g/mol. The van der Waals surface area contributed by atoms with E-state index in [1.54, 1.807) is 24.3 Å². The van der Waals surface area contributed by atoms with Gasteiger partial charge in [0.05, 0.1) is 10.5 Å². The highest BCUT2D eigenvalue weighted by molar-refractivity contribution is 9.10. The minimum Gasteiger partial charge on any atom is -0.452 e. The molecule has 0 fully saturated rings. The van der Waals surface area contributed by atoms with Gasteiger partial charge in [0.25, 0.3) is 5.91 Å². The summed E-state index contributed by atoms with van der Waals surface area (Å²) in [6.07, 6.45) is 0.505. The number of hydrogen-bond donors (Lipinski definition) is 1. The van der Waals surface area contributed by atoms with Gasteiger partial charge in [-0.1, -0.05) is 15.9 Å². The molecule has 3 rings (SSSR count). The summed E-state index contributed by atoms with van der Waals surface area (Å²) in [5.74, 6) is -0.965. The Labute approximate surface area is 158 Å². The lowest BCUT2D eigenvalue weighted by atomic mass is 10.2. The van der Waals surface area contributed by atoms with Crippen LogP contribution >= 0.6 is 15.9 Å². The summed E-state index contributed by atoms with van der Waals surface area (Å²) in [5.41, 5.74) is 1.66. The Morgan fingerprint density at radius 2 is 1.85 bits per heavy atom. The Morgan fingerprint density at radius 1 is 1.15 bits per heavy atom. The summed E-state index contributed by atoms with van der Waals surface area (Å²) in [7, 11) is -3.79. The zero-order valence-electron chi connectivity index (χ0n) is 13.5. The van der Waals surface area contributed by atoms with Crippen LogP contribution in [0, 0.1) is 0 Å². The van der Waals surface area contributed by atoms with E-state index in [9.17, 15) is 18.0 Å². The van der Waals surface area contributed by atoms with Crippen LogP contribution < -0.4 is 10.0 Å². The van der Waals surface area contributed by atoms with Gasteiger partial charge in [0.1, 0.15) is 0 Å². The van der Waals surface area contributed by atoms with E-state index in [1.165, 1.54) is 23.1 Å². The summed E-state index contributed by atoms with van der Waals surface area (Å²) in [4.78, 5) is 25.8. The largest absolute Gasteiger partial charge is 0.452 e. The zero-order valence-corrected chi connectivity index (χ0v) is 15.9. The van der Waals surface area contributed by atoms with Crippen LogP contribution in [-0.4, -0.2) is 33.4 Å². The molecular formula is C17H15BrN2O5S. The van der Waals surface area contributed by atoms with Gasteiger partial charge in [0.2, 0.25) is 10.0 Å². The number of halogens is 1. The van der Waals surface area contributed by atoms with Crippen LogP contribution in [0.4, 0.5) is 5.69 Å². The van der Waals surface area contributed by atoms with Gasteiger partial charge in [0.15, 0.2) is 6.61 Å². The molecule has 0 radical (unpaired) electrons. The third-order valence-corrected chi connectivity index (χ3v) is 5.42. The Hall–Kier alpha value is -2.23. The number of nitrogens with zero attached hydrogens (tertiary/aromatic N) is 1. The van der Waals surface area contributed by atoms with Gasteiger partial charge in [-0.25, -0.2) is 18.4 Å². The van der Waals surface area contributed by atoms with E-state index < -0.39 is 22.6 Å². The highest BCUT2D eigenvalue weighted by Gasteiger charge is 2.26. The molecule has 2 N–H and O–H groups in total. The third kappa shape index (κ3) is 3.95. The predicted molar refractivity (Wildman–Crippen MR) is 98.3 cm³/mol. The van der Waals surface area contributed by atoms with Gasteiger partial charge in [-0.15, -0.1) is 0 Å². The normalized spacial score (nSPS) is 13.4. The summed E-state index contributed by atoms with van der Waals surface area (Å²) >= 11 is 3.28. The number of carbonyl (C=O) groups excluding carboxylic acids is 2. The van der Waals surface area contributed by atoms with Crippen molar-refractivity contribution >= 4 is 43.5 Å². The van der Waals surface area contributed by atoms with Gasteiger partial charge in [-0.05, 0) is 54.4 Å². The fourth-order valence-electron chi connectivity index (χ4n) is 2.69. The van der Waals surface area contributed by atoms with Crippen molar-refractivity contribution in [3.8, 4) is 0 Å². The van der Waals surface area contributed by atoms with E-state index in [0.29, 0.717) is 29.8 Å². The SMILES string of the molecule is NS(=O)(=O)c1ccc2c(c1)CCN2C(=O)COC(=O)c1ccc(Br)cc1. The molecule has 1 aliphatic rings. The third-order valence-electron chi connectivity index (χ3n) is 3.98. The zero-order chi connectivity index (χ0) is 18.9. The number of amides is 1. The van der Waals surface area contributed by atoms with Crippen LogP contribution in [0.3, 0.4) is 0 Å². The van der Waals surface area contributed by atoms with E-state index in [2.05, 4.69) is 15.9 Å². The number of anilines is 1. The topological polar surface area (TPSA) is 107 Å². The molecule has 1 aliphatic heterocycles. The number of ether oxygens (including phenoxy) is 1. The van der Waals surface area contributed by atoms with Gasteiger partial charge in [-0.2, -0.15) is 0 Å².